The summed E-state index contributed by atoms with van der Waals surface area (Å²) in [7, 11) is 0. The molecule has 5 heteroatoms. The second-order valence-electron chi connectivity index (χ2n) is 5.09. The molecule has 0 saturated heterocycles. The van der Waals surface area contributed by atoms with Crippen LogP contribution in [0.25, 0.3) is 0 Å². The smallest absolute Gasteiger partial charge is 0.414 e. The van der Waals surface area contributed by atoms with Crippen LogP contribution < -0.4 is 4.90 Å². The van der Waals surface area contributed by atoms with E-state index in [1.54, 1.807) is 19.1 Å². The fraction of sp³-hybridized carbons (Fsp3) is 0.222. The molecule has 5 nitrogen and oxygen atoms in total. The number of carboxylic acids is 1. The number of hydrogen-bond acceptors (Lipinski definition) is 3. The van der Waals surface area contributed by atoms with Crippen molar-refractivity contribution in [1.82, 2.24) is 0 Å². The highest BCUT2D eigenvalue weighted by Crippen LogP contribution is 2.22. The third kappa shape index (κ3) is 4.10. The molecule has 23 heavy (non-hydrogen) atoms. The molecule has 0 aromatic heterocycles. The van der Waals surface area contributed by atoms with Crippen LogP contribution in [0.4, 0.5) is 10.5 Å². The van der Waals surface area contributed by atoms with Crippen LogP contribution in [-0.4, -0.2) is 23.7 Å². The molecule has 2 aromatic carbocycles. The molecule has 0 heterocycles. The van der Waals surface area contributed by atoms with Gasteiger partial charge in [-0.25, -0.2) is 9.59 Å². The Kier molecular flexibility index (Phi) is 5.36. The Morgan fingerprint density at radius 2 is 1.83 bits per heavy atom. The first kappa shape index (κ1) is 16.5. The maximum Gasteiger partial charge on any atom is 0.414 e. The van der Waals surface area contributed by atoms with Gasteiger partial charge in [0.2, 0.25) is 0 Å². The molecule has 0 saturated carbocycles. The Morgan fingerprint density at radius 3 is 2.39 bits per heavy atom. The van der Waals surface area contributed by atoms with E-state index in [-0.39, 0.29) is 12.2 Å². The number of ether oxygens (including phenoxy) is 1. The van der Waals surface area contributed by atoms with Gasteiger partial charge in [0.05, 0.1) is 5.56 Å². The van der Waals surface area contributed by atoms with Crippen LogP contribution in [0.15, 0.2) is 48.5 Å². The number of carboxylic acid groups (broad SMARTS) is 1. The van der Waals surface area contributed by atoms with Crippen molar-refractivity contribution in [3.05, 3.63) is 65.2 Å². The van der Waals surface area contributed by atoms with Gasteiger partial charge in [-0.1, -0.05) is 30.3 Å². The van der Waals surface area contributed by atoms with Crippen LogP contribution in [0, 0.1) is 6.92 Å². The summed E-state index contributed by atoms with van der Waals surface area (Å²) in [6, 6.07) is 14.1. The van der Waals surface area contributed by atoms with Gasteiger partial charge in [-0.3, -0.25) is 4.90 Å². The zero-order chi connectivity index (χ0) is 16.8. The van der Waals surface area contributed by atoms with Crippen molar-refractivity contribution in [2.75, 3.05) is 11.4 Å². The lowest BCUT2D eigenvalue weighted by atomic mass is 10.1. The van der Waals surface area contributed by atoms with Crippen LogP contribution >= 0.6 is 0 Å². The minimum atomic E-state index is -0.991. The van der Waals surface area contributed by atoms with E-state index in [0.717, 1.165) is 5.56 Å². The van der Waals surface area contributed by atoms with E-state index < -0.39 is 12.1 Å². The molecule has 0 radical (unpaired) electrons. The number of aryl methyl sites for hydroxylation is 1. The highest BCUT2D eigenvalue weighted by atomic mass is 16.6. The Balaban J connectivity index is 2.12. The Morgan fingerprint density at radius 1 is 1.13 bits per heavy atom. The van der Waals surface area contributed by atoms with Crippen molar-refractivity contribution < 1.29 is 19.4 Å². The van der Waals surface area contributed by atoms with E-state index in [2.05, 4.69) is 0 Å². The van der Waals surface area contributed by atoms with Crippen molar-refractivity contribution >= 4 is 17.7 Å². The topological polar surface area (TPSA) is 66.8 Å². The van der Waals surface area contributed by atoms with E-state index in [9.17, 15) is 9.59 Å². The third-order valence-electron chi connectivity index (χ3n) is 3.48. The molecule has 1 amide bonds. The molecule has 0 aliphatic heterocycles. The minimum Gasteiger partial charge on any atom is -0.478 e. The lowest BCUT2D eigenvalue weighted by Crippen LogP contribution is -2.31. The number of carbonyl (C=O) groups is 2. The van der Waals surface area contributed by atoms with Gasteiger partial charge in [0.1, 0.15) is 6.61 Å². The minimum absolute atomic E-state index is 0.194. The number of amides is 1. The highest BCUT2D eigenvalue weighted by molar-refractivity contribution is 5.92. The number of nitrogens with zero attached hydrogens (tertiary/aromatic N) is 1. The van der Waals surface area contributed by atoms with Crippen molar-refractivity contribution in [2.45, 2.75) is 20.5 Å². The quantitative estimate of drug-likeness (QED) is 0.910. The normalized spacial score (nSPS) is 10.2. The first-order valence-corrected chi connectivity index (χ1v) is 7.35. The van der Waals surface area contributed by atoms with E-state index >= 15 is 0 Å². The fourth-order valence-corrected chi connectivity index (χ4v) is 2.29. The standard InChI is InChI=1S/C18H19NO4/c1-3-19(16-10-9-15(17(20)21)11-13(16)2)18(22)23-12-14-7-5-4-6-8-14/h4-11H,3,12H2,1-2H3,(H,20,21). The van der Waals surface area contributed by atoms with Gasteiger partial charge in [0.15, 0.2) is 0 Å². The fourth-order valence-electron chi connectivity index (χ4n) is 2.29. The van der Waals surface area contributed by atoms with E-state index in [1.807, 2.05) is 37.3 Å². The molecular formula is C18H19NO4. The zero-order valence-corrected chi connectivity index (χ0v) is 13.2. The van der Waals surface area contributed by atoms with Crippen molar-refractivity contribution in [1.29, 1.82) is 0 Å². The summed E-state index contributed by atoms with van der Waals surface area (Å²) >= 11 is 0. The van der Waals surface area contributed by atoms with Gasteiger partial charge < -0.3 is 9.84 Å². The summed E-state index contributed by atoms with van der Waals surface area (Å²) in [5, 5.41) is 9.01. The van der Waals surface area contributed by atoms with Gasteiger partial charge in [-0.15, -0.1) is 0 Å². The van der Waals surface area contributed by atoms with E-state index in [0.29, 0.717) is 17.8 Å². The van der Waals surface area contributed by atoms with Crippen LogP contribution in [0.1, 0.15) is 28.4 Å². The molecule has 0 spiro atoms. The largest absolute Gasteiger partial charge is 0.478 e. The summed E-state index contributed by atoms with van der Waals surface area (Å²) < 4.78 is 5.34. The van der Waals surface area contributed by atoms with Crippen LogP contribution in [0.3, 0.4) is 0 Å². The monoisotopic (exact) mass is 313 g/mol. The number of anilines is 1. The molecule has 2 rings (SSSR count). The van der Waals surface area contributed by atoms with Crippen molar-refractivity contribution in [2.24, 2.45) is 0 Å². The molecule has 0 aliphatic carbocycles. The molecule has 2 aromatic rings. The number of rotatable bonds is 5. The van der Waals surface area contributed by atoms with Crippen molar-refractivity contribution in [3.63, 3.8) is 0 Å². The van der Waals surface area contributed by atoms with Gasteiger partial charge in [0, 0.05) is 12.2 Å². The summed E-state index contributed by atoms with van der Waals surface area (Å²) in [4.78, 5) is 24.8. The molecule has 0 unspecified atom stereocenters. The number of carbonyl (C=O) groups excluding carboxylic acids is 1. The molecule has 120 valence electrons. The lowest BCUT2D eigenvalue weighted by molar-refractivity contribution is 0.0696. The van der Waals surface area contributed by atoms with Gasteiger partial charge in [-0.2, -0.15) is 0 Å². The second-order valence-corrected chi connectivity index (χ2v) is 5.09. The maximum atomic E-state index is 12.3. The molecule has 1 N–H and O–H groups in total. The predicted octanol–water partition coefficient (Wildman–Crippen LogP) is 3.86. The number of benzene rings is 2. The molecule has 0 aliphatic rings. The summed E-state index contributed by atoms with van der Waals surface area (Å²) in [5.41, 5.74) is 2.47. The van der Waals surface area contributed by atoms with Crippen LogP contribution in [0.5, 0.6) is 0 Å². The number of aromatic carboxylic acids is 1. The van der Waals surface area contributed by atoms with Crippen LogP contribution in [-0.2, 0) is 11.3 Å². The first-order valence-electron chi connectivity index (χ1n) is 7.35. The predicted molar refractivity (Wildman–Crippen MR) is 87.8 cm³/mol. The van der Waals surface area contributed by atoms with Gasteiger partial charge in [0.25, 0.3) is 0 Å². The van der Waals surface area contributed by atoms with E-state index in [1.165, 1.54) is 11.0 Å². The average Bonchev–Trinajstić information content (AvgIpc) is 2.55. The summed E-state index contributed by atoms with van der Waals surface area (Å²) in [6.07, 6.45) is -0.456. The van der Waals surface area contributed by atoms with Crippen molar-refractivity contribution in [3.8, 4) is 0 Å². The first-order chi connectivity index (χ1) is 11.0. The lowest BCUT2D eigenvalue weighted by Gasteiger charge is -2.22. The number of hydrogen-bond donors (Lipinski definition) is 1. The summed E-state index contributed by atoms with van der Waals surface area (Å²) in [5.74, 6) is -0.991. The molecular weight excluding hydrogens is 294 g/mol. The average molecular weight is 313 g/mol. The SMILES string of the molecule is CCN(C(=O)OCc1ccccc1)c1ccc(C(=O)O)cc1C. The van der Waals surface area contributed by atoms with Crippen LogP contribution in [0.2, 0.25) is 0 Å². The van der Waals surface area contributed by atoms with E-state index in [4.69, 9.17) is 9.84 Å². The Bertz CT molecular complexity index is 697. The highest BCUT2D eigenvalue weighted by Gasteiger charge is 2.18. The zero-order valence-electron chi connectivity index (χ0n) is 13.2. The molecule has 0 fully saturated rings. The van der Waals surface area contributed by atoms with Gasteiger partial charge >= 0.3 is 12.1 Å². The summed E-state index contributed by atoms with van der Waals surface area (Å²) in [6.45, 7) is 4.24. The molecule has 0 atom stereocenters. The van der Waals surface area contributed by atoms with Gasteiger partial charge in [-0.05, 0) is 43.2 Å². The third-order valence-corrected chi connectivity index (χ3v) is 3.48. The Labute approximate surface area is 135 Å². The molecule has 0 bridgehead atoms. The second kappa shape index (κ2) is 7.45. The Hall–Kier alpha value is -2.82. The maximum absolute atomic E-state index is 12.3.